The fraction of sp³-hybridized carbons (Fsp3) is 0.312. The minimum atomic E-state index is -0.552. The molecule has 3 nitrogen and oxygen atoms in total. The summed E-state index contributed by atoms with van der Waals surface area (Å²) >= 11 is 3.25. The van der Waals surface area contributed by atoms with Crippen LogP contribution in [0.15, 0.2) is 40.9 Å². The second-order valence-electron chi connectivity index (χ2n) is 5.30. The summed E-state index contributed by atoms with van der Waals surface area (Å²) in [6.45, 7) is 2.03. The maximum absolute atomic E-state index is 13.9. The minimum absolute atomic E-state index is 0.0483. The number of ether oxygens (including phenoxy) is 1. The summed E-state index contributed by atoms with van der Waals surface area (Å²) < 4.78 is 33.3. The summed E-state index contributed by atoms with van der Waals surface area (Å²) in [6.07, 6.45) is 0.767. The molecule has 1 unspecified atom stereocenters. The summed E-state index contributed by atoms with van der Waals surface area (Å²) in [5.41, 5.74) is 0.660. The van der Waals surface area contributed by atoms with E-state index < -0.39 is 5.95 Å². The predicted molar refractivity (Wildman–Crippen MR) is 82.6 cm³/mol. The number of hydrogen-bond donors (Lipinski definition) is 0. The van der Waals surface area contributed by atoms with Gasteiger partial charge in [-0.2, -0.15) is 9.37 Å². The van der Waals surface area contributed by atoms with Crippen molar-refractivity contribution in [1.82, 2.24) is 9.88 Å². The number of aromatic nitrogens is 1. The molecule has 1 fully saturated rings. The van der Waals surface area contributed by atoms with Gasteiger partial charge in [0.25, 0.3) is 0 Å². The minimum Gasteiger partial charge on any atom is -0.473 e. The van der Waals surface area contributed by atoms with Crippen molar-refractivity contribution in [2.45, 2.75) is 19.1 Å². The molecule has 2 heterocycles. The van der Waals surface area contributed by atoms with Gasteiger partial charge < -0.3 is 4.74 Å². The number of hydrogen-bond acceptors (Lipinski definition) is 3. The van der Waals surface area contributed by atoms with E-state index in [0.717, 1.165) is 17.4 Å². The molecule has 2 aromatic rings. The smallest absolute Gasteiger partial charge is 0.216 e. The molecular formula is C16H15BrF2N2O. The van der Waals surface area contributed by atoms with E-state index in [9.17, 15) is 8.78 Å². The van der Waals surface area contributed by atoms with E-state index in [4.69, 9.17) is 4.74 Å². The molecule has 0 amide bonds. The summed E-state index contributed by atoms with van der Waals surface area (Å²) in [5.74, 6) is -0.475. The lowest BCUT2D eigenvalue weighted by molar-refractivity contribution is 0.189. The highest BCUT2D eigenvalue weighted by Crippen LogP contribution is 2.21. The van der Waals surface area contributed by atoms with Gasteiger partial charge in [-0.15, -0.1) is 0 Å². The molecule has 1 aliphatic heterocycles. The Bertz CT molecular complexity index is 668. The first-order chi connectivity index (χ1) is 10.6. The molecule has 0 spiro atoms. The first-order valence-electron chi connectivity index (χ1n) is 7.05. The Morgan fingerprint density at radius 2 is 2.14 bits per heavy atom. The third kappa shape index (κ3) is 3.81. The molecule has 116 valence electrons. The number of pyridine rings is 1. The van der Waals surface area contributed by atoms with Crippen molar-refractivity contribution < 1.29 is 13.5 Å². The van der Waals surface area contributed by atoms with Crippen molar-refractivity contribution in [2.75, 3.05) is 13.1 Å². The first-order valence-corrected chi connectivity index (χ1v) is 7.85. The zero-order valence-corrected chi connectivity index (χ0v) is 13.4. The van der Waals surface area contributed by atoms with Gasteiger partial charge in [-0.3, -0.25) is 4.90 Å². The van der Waals surface area contributed by atoms with Crippen LogP contribution in [0.3, 0.4) is 0 Å². The lowest BCUT2D eigenvalue weighted by Gasteiger charge is -2.17. The fourth-order valence-corrected chi connectivity index (χ4v) is 2.89. The molecule has 0 N–H and O–H groups in total. The summed E-state index contributed by atoms with van der Waals surface area (Å²) in [4.78, 5) is 5.82. The average Bonchev–Trinajstić information content (AvgIpc) is 2.89. The van der Waals surface area contributed by atoms with Crippen LogP contribution >= 0.6 is 15.9 Å². The van der Waals surface area contributed by atoms with Crippen LogP contribution in [0.25, 0.3) is 0 Å². The van der Waals surface area contributed by atoms with E-state index in [1.54, 1.807) is 18.2 Å². The first kappa shape index (κ1) is 15.4. The normalized spacial score (nSPS) is 18.6. The molecule has 1 aliphatic rings. The average molecular weight is 369 g/mol. The Hall–Kier alpha value is -1.53. The highest BCUT2D eigenvalue weighted by molar-refractivity contribution is 9.10. The van der Waals surface area contributed by atoms with E-state index in [-0.39, 0.29) is 11.9 Å². The van der Waals surface area contributed by atoms with Gasteiger partial charge in [0.05, 0.1) is 0 Å². The van der Waals surface area contributed by atoms with E-state index in [1.165, 1.54) is 12.1 Å². The molecular weight excluding hydrogens is 354 g/mol. The van der Waals surface area contributed by atoms with Crippen molar-refractivity contribution >= 4 is 15.9 Å². The molecule has 0 bridgehead atoms. The molecule has 22 heavy (non-hydrogen) atoms. The summed E-state index contributed by atoms with van der Waals surface area (Å²) in [7, 11) is 0. The van der Waals surface area contributed by atoms with Crippen molar-refractivity contribution in [3.63, 3.8) is 0 Å². The van der Waals surface area contributed by atoms with E-state index in [0.29, 0.717) is 24.5 Å². The monoisotopic (exact) mass is 368 g/mol. The Kier molecular flexibility index (Phi) is 4.69. The quantitative estimate of drug-likeness (QED) is 0.768. The van der Waals surface area contributed by atoms with Crippen LogP contribution < -0.4 is 4.74 Å². The highest BCUT2D eigenvalue weighted by atomic mass is 79.9. The molecule has 0 saturated carbocycles. The second kappa shape index (κ2) is 6.71. The molecule has 1 saturated heterocycles. The van der Waals surface area contributed by atoms with Crippen molar-refractivity contribution in [3.8, 4) is 5.88 Å². The Labute approximate surface area is 136 Å². The molecule has 1 aromatic heterocycles. The van der Waals surface area contributed by atoms with Gasteiger partial charge in [0.15, 0.2) is 0 Å². The zero-order chi connectivity index (χ0) is 15.5. The maximum atomic E-state index is 13.9. The van der Waals surface area contributed by atoms with Gasteiger partial charge in [-0.05, 0) is 24.6 Å². The summed E-state index contributed by atoms with van der Waals surface area (Å²) in [5, 5.41) is 0. The maximum Gasteiger partial charge on any atom is 0.216 e. The molecule has 1 aromatic carbocycles. The van der Waals surface area contributed by atoms with Gasteiger partial charge in [-0.1, -0.05) is 28.1 Å². The van der Waals surface area contributed by atoms with Gasteiger partial charge in [0, 0.05) is 35.7 Å². The molecule has 0 radical (unpaired) electrons. The number of likely N-dealkylation sites (tertiary alicyclic amines) is 1. The largest absolute Gasteiger partial charge is 0.473 e. The van der Waals surface area contributed by atoms with Gasteiger partial charge in [-0.25, -0.2) is 4.39 Å². The topological polar surface area (TPSA) is 25.4 Å². The zero-order valence-electron chi connectivity index (χ0n) is 11.8. The van der Waals surface area contributed by atoms with Gasteiger partial charge >= 0.3 is 0 Å². The molecule has 3 rings (SSSR count). The van der Waals surface area contributed by atoms with Crippen LogP contribution in [0.1, 0.15) is 12.0 Å². The van der Waals surface area contributed by atoms with E-state index in [1.807, 2.05) is 6.07 Å². The van der Waals surface area contributed by atoms with Crippen molar-refractivity contribution in [3.05, 3.63) is 58.2 Å². The number of nitrogens with zero attached hydrogens (tertiary/aromatic N) is 2. The number of rotatable bonds is 4. The third-order valence-corrected chi connectivity index (χ3v) is 4.11. The number of halogens is 3. The van der Waals surface area contributed by atoms with Crippen LogP contribution in [0, 0.1) is 11.8 Å². The lowest BCUT2D eigenvalue weighted by atomic mass is 10.2. The van der Waals surface area contributed by atoms with Crippen LogP contribution in [0.5, 0.6) is 5.88 Å². The van der Waals surface area contributed by atoms with Crippen LogP contribution in [0.4, 0.5) is 8.78 Å². The van der Waals surface area contributed by atoms with Crippen LogP contribution in [0.2, 0.25) is 0 Å². The Balaban J connectivity index is 1.58. The third-order valence-electron chi connectivity index (χ3n) is 3.62. The molecule has 0 aliphatic carbocycles. The lowest BCUT2D eigenvalue weighted by Crippen LogP contribution is -2.25. The fourth-order valence-electron chi connectivity index (χ4n) is 2.55. The molecule has 6 heteroatoms. The standard InChI is InChI=1S/C16H15BrF2N2O/c17-12-5-4-11(14(18)8-12)9-21-7-6-13(10-21)22-16-3-1-2-15(19)20-16/h1-5,8,13H,6-7,9-10H2. The van der Waals surface area contributed by atoms with Gasteiger partial charge in [0.2, 0.25) is 11.8 Å². The Morgan fingerprint density at radius 3 is 2.91 bits per heavy atom. The van der Waals surface area contributed by atoms with E-state index in [2.05, 4.69) is 25.8 Å². The predicted octanol–water partition coefficient (Wildman–Crippen LogP) is 3.78. The second-order valence-corrected chi connectivity index (χ2v) is 6.21. The van der Waals surface area contributed by atoms with Crippen molar-refractivity contribution in [1.29, 1.82) is 0 Å². The SMILES string of the molecule is Fc1cccc(OC2CCN(Cc3ccc(Br)cc3F)C2)n1. The van der Waals surface area contributed by atoms with Crippen molar-refractivity contribution in [2.24, 2.45) is 0 Å². The number of benzene rings is 1. The highest BCUT2D eigenvalue weighted by Gasteiger charge is 2.25. The summed E-state index contributed by atoms with van der Waals surface area (Å²) in [6, 6.07) is 9.57. The van der Waals surface area contributed by atoms with E-state index >= 15 is 0 Å². The van der Waals surface area contributed by atoms with Crippen LogP contribution in [-0.4, -0.2) is 29.1 Å². The van der Waals surface area contributed by atoms with Gasteiger partial charge in [0.1, 0.15) is 11.9 Å². The molecule has 1 atom stereocenters. The van der Waals surface area contributed by atoms with Crippen LogP contribution in [-0.2, 0) is 6.54 Å². The Morgan fingerprint density at radius 1 is 1.27 bits per heavy atom.